The smallest absolute Gasteiger partial charge is 0.134 e. The Morgan fingerprint density at radius 1 is 0.569 bits per heavy atom. The second kappa shape index (κ2) is 18.5. The lowest BCUT2D eigenvalue weighted by atomic mass is 9.97. The molecule has 0 amide bonds. The van der Waals surface area contributed by atoms with Crippen LogP contribution in [0.1, 0.15) is 26.3 Å². The van der Waals surface area contributed by atoms with Crippen molar-refractivity contribution in [3.05, 3.63) is 218 Å². The number of hydrogen-bond acceptors (Lipinski definition) is 3. The molecular formula is C55H49NOS. The molecule has 1 aromatic heterocycles. The number of benzene rings is 7. The number of thiophene rings is 1. The van der Waals surface area contributed by atoms with Crippen LogP contribution in [0.4, 0.5) is 17.1 Å². The normalized spacial score (nSPS) is 11.5. The van der Waals surface area contributed by atoms with Crippen LogP contribution in [0.25, 0.3) is 53.6 Å². The lowest BCUT2D eigenvalue weighted by Crippen LogP contribution is -2.10. The minimum absolute atomic E-state index is 0.770. The molecule has 0 saturated carbocycles. The Balaban J connectivity index is 0.00000252. The molecule has 2 nitrogen and oxygen atoms in total. The topological polar surface area (TPSA) is 12.5 Å². The third-order valence-corrected chi connectivity index (χ3v) is 11.6. The lowest BCUT2D eigenvalue weighted by Gasteiger charge is -2.26. The molecule has 0 aliphatic heterocycles. The van der Waals surface area contributed by atoms with E-state index in [9.17, 15) is 0 Å². The highest BCUT2D eigenvalue weighted by Crippen LogP contribution is 2.43. The predicted molar refractivity (Wildman–Crippen MR) is 254 cm³/mol. The van der Waals surface area contributed by atoms with Gasteiger partial charge < -0.3 is 9.64 Å². The van der Waals surface area contributed by atoms with Gasteiger partial charge in [0.2, 0.25) is 0 Å². The Labute approximate surface area is 348 Å². The summed E-state index contributed by atoms with van der Waals surface area (Å²) in [5.74, 6) is 0.866. The molecule has 0 atom stereocenters. The van der Waals surface area contributed by atoms with E-state index in [4.69, 9.17) is 4.74 Å². The maximum absolute atomic E-state index is 6.05. The van der Waals surface area contributed by atoms with Gasteiger partial charge in [-0.3, -0.25) is 0 Å². The molecule has 0 aliphatic rings. The van der Waals surface area contributed by atoms with Gasteiger partial charge in [0.15, 0.2) is 0 Å². The van der Waals surface area contributed by atoms with Gasteiger partial charge in [-0.05, 0) is 94.8 Å². The average molecular weight is 772 g/mol. The molecule has 0 aliphatic carbocycles. The van der Waals surface area contributed by atoms with Crippen molar-refractivity contribution in [3.8, 4) is 39.1 Å². The Morgan fingerprint density at radius 3 is 1.67 bits per heavy atom. The molecule has 0 unspecified atom stereocenters. The Hall–Kier alpha value is -6.68. The van der Waals surface area contributed by atoms with Crippen LogP contribution in [0.5, 0.6) is 5.75 Å². The molecule has 0 bridgehead atoms. The summed E-state index contributed by atoms with van der Waals surface area (Å²) in [7, 11) is 1.75. The highest BCUT2D eigenvalue weighted by atomic mass is 32.1. The summed E-state index contributed by atoms with van der Waals surface area (Å²) < 4.78 is 8.68. The van der Waals surface area contributed by atoms with Gasteiger partial charge in [0.1, 0.15) is 5.75 Å². The Bertz CT molecular complexity index is 2720. The number of allylic oxidation sites excluding steroid dienone is 6. The van der Waals surface area contributed by atoms with Crippen LogP contribution in [0, 0.1) is 0 Å². The first-order chi connectivity index (χ1) is 28.6. The van der Waals surface area contributed by atoms with E-state index in [2.05, 4.69) is 182 Å². The first-order valence-corrected chi connectivity index (χ1v) is 20.7. The number of rotatable bonds is 12. The van der Waals surface area contributed by atoms with Crippen LogP contribution >= 0.6 is 11.3 Å². The van der Waals surface area contributed by atoms with E-state index in [-0.39, 0.29) is 0 Å². The molecule has 8 aromatic rings. The summed E-state index contributed by atoms with van der Waals surface area (Å²) in [5.41, 5.74) is 13.5. The SMILES string of the molecule is C=CC(/C=C\C)=C(\C=C)Cc1ccc(N(c2ccc(-c3cccc(-c4ccccc4)c3OC)cc2)c2ccc(-c3cccc4c3sc3ccccc34)cc2)cc1.CC. The Morgan fingerprint density at radius 2 is 1.09 bits per heavy atom. The molecule has 0 N–H and O–H groups in total. The van der Waals surface area contributed by atoms with E-state index in [1.807, 2.05) is 56.4 Å². The summed E-state index contributed by atoms with van der Waals surface area (Å²) in [6.45, 7) is 14.1. The van der Waals surface area contributed by atoms with Crippen molar-refractivity contribution in [1.82, 2.24) is 0 Å². The van der Waals surface area contributed by atoms with Crippen molar-refractivity contribution in [2.45, 2.75) is 27.2 Å². The zero-order valence-electron chi connectivity index (χ0n) is 33.8. The molecule has 0 radical (unpaired) electrons. The number of fused-ring (bicyclic) bond motifs is 3. The highest BCUT2D eigenvalue weighted by Gasteiger charge is 2.17. The standard InChI is InChI=1S/C53H43NOS.C2H6/c1-5-15-38(6-2)39(7-3)36-37-24-30-43(31-25-37)54(44-32-26-41(27-33-44)47-20-13-19-46(52(47)55-4)40-16-9-8-10-17-40)45-34-28-42(29-35-45)48-21-14-22-50-49-18-11-12-23-51(49)56-53(48)50;1-2/h5-35H,2-3,36H2,1,4H3;1-2H3/b15-5-,39-38-;. The van der Waals surface area contributed by atoms with E-state index >= 15 is 0 Å². The molecular weight excluding hydrogens is 723 g/mol. The summed E-state index contributed by atoms with van der Waals surface area (Å²) in [4.78, 5) is 2.33. The van der Waals surface area contributed by atoms with E-state index in [1.54, 1.807) is 7.11 Å². The number of ether oxygens (including phenoxy) is 1. The summed E-state index contributed by atoms with van der Waals surface area (Å²) in [6.07, 6.45) is 8.73. The maximum atomic E-state index is 6.05. The summed E-state index contributed by atoms with van der Waals surface area (Å²) >= 11 is 1.86. The van der Waals surface area contributed by atoms with Crippen molar-refractivity contribution in [3.63, 3.8) is 0 Å². The van der Waals surface area contributed by atoms with Crippen molar-refractivity contribution in [1.29, 1.82) is 0 Å². The van der Waals surface area contributed by atoms with Gasteiger partial charge in [-0.1, -0.05) is 173 Å². The molecule has 58 heavy (non-hydrogen) atoms. The first kappa shape index (κ1) is 39.6. The zero-order chi connectivity index (χ0) is 40.4. The van der Waals surface area contributed by atoms with Gasteiger partial charge >= 0.3 is 0 Å². The van der Waals surface area contributed by atoms with Gasteiger partial charge in [0.05, 0.1) is 7.11 Å². The number of nitrogens with zero attached hydrogens (tertiary/aromatic N) is 1. The minimum Gasteiger partial charge on any atom is -0.495 e. The second-order valence-electron chi connectivity index (χ2n) is 13.7. The van der Waals surface area contributed by atoms with E-state index in [0.29, 0.717) is 0 Å². The highest BCUT2D eigenvalue weighted by molar-refractivity contribution is 7.26. The van der Waals surface area contributed by atoms with Crippen molar-refractivity contribution in [2.24, 2.45) is 0 Å². The van der Waals surface area contributed by atoms with Crippen molar-refractivity contribution >= 4 is 48.6 Å². The van der Waals surface area contributed by atoms with Gasteiger partial charge in [-0.25, -0.2) is 0 Å². The minimum atomic E-state index is 0.770. The molecule has 0 spiro atoms. The molecule has 1 heterocycles. The molecule has 3 heteroatoms. The molecule has 0 fully saturated rings. The van der Waals surface area contributed by atoms with Gasteiger partial charge in [0, 0.05) is 48.4 Å². The summed E-state index contributed by atoms with van der Waals surface area (Å²) in [5, 5.41) is 2.62. The number of para-hydroxylation sites is 1. The van der Waals surface area contributed by atoms with Crippen LogP contribution in [0.15, 0.2) is 212 Å². The zero-order valence-corrected chi connectivity index (χ0v) is 34.6. The molecule has 286 valence electrons. The van der Waals surface area contributed by atoms with Crippen LogP contribution < -0.4 is 9.64 Å². The predicted octanol–water partition coefficient (Wildman–Crippen LogP) is 16.3. The van der Waals surface area contributed by atoms with Gasteiger partial charge in [-0.15, -0.1) is 11.3 Å². The average Bonchev–Trinajstić information content (AvgIpc) is 3.68. The van der Waals surface area contributed by atoms with Crippen LogP contribution in [-0.2, 0) is 6.42 Å². The van der Waals surface area contributed by atoms with E-state index in [0.717, 1.165) is 62.6 Å². The van der Waals surface area contributed by atoms with Crippen LogP contribution in [0.3, 0.4) is 0 Å². The van der Waals surface area contributed by atoms with Crippen molar-refractivity contribution < 1.29 is 4.74 Å². The fourth-order valence-electron chi connectivity index (χ4n) is 7.59. The molecule has 8 rings (SSSR count). The van der Waals surface area contributed by atoms with Crippen molar-refractivity contribution in [2.75, 3.05) is 12.0 Å². The number of anilines is 3. The molecule has 7 aromatic carbocycles. The van der Waals surface area contributed by atoms with E-state index in [1.165, 1.54) is 36.9 Å². The van der Waals surface area contributed by atoms with Crippen LogP contribution in [0.2, 0.25) is 0 Å². The second-order valence-corrected chi connectivity index (χ2v) is 14.7. The largest absolute Gasteiger partial charge is 0.495 e. The third kappa shape index (κ3) is 8.09. The van der Waals surface area contributed by atoms with Gasteiger partial charge in [-0.2, -0.15) is 0 Å². The monoisotopic (exact) mass is 771 g/mol. The van der Waals surface area contributed by atoms with E-state index < -0.39 is 0 Å². The van der Waals surface area contributed by atoms with Crippen LogP contribution in [-0.4, -0.2) is 7.11 Å². The first-order valence-electron chi connectivity index (χ1n) is 19.9. The maximum Gasteiger partial charge on any atom is 0.134 e. The lowest BCUT2D eigenvalue weighted by molar-refractivity contribution is 0.418. The van der Waals surface area contributed by atoms with Gasteiger partial charge in [0.25, 0.3) is 0 Å². The summed E-state index contributed by atoms with van der Waals surface area (Å²) in [6, 6.07) is 58.7. The molecule has 0 saturated heterocycles. The number of hydrogen-bond donors (Lipinski definition) is 0. The quantitative estimate of drug-likeness (QED) is 0.115. The fraction of sp³-hybridized carbons (Fsp3) is 0.0909. The fourth-order valence-corrected chi connectivity index (χ4v) is 8.83. The third-order valence-electron chi connectivity index (χ3n) is 10.4. The number of methoxy groups -OCH3 is 1. The Kier molecular flexibility index (Phi) is 12.6.